The van der Waals surface area contributed by atoms with Crippen LogP contribution in [0.4, 0.5) is 5.82 Å². The molecule has 0 aliphatic rings. The van der Waals surface area contributed by atoms with Gasteiger partial charge >= 0.3 is 0 Å². The SMILES string of the molecule is Cc1ccnc(N)c1C(=O)c1ccc(CCN)cc1. The van der Waals surface area contributed by atoms with Crippen molar-refractivity contribution in [3.63, 3.8) is 0 Å². The van der Waals surface area contributed by atoms with E-state index in [1.165, 1.54) is 0 Å². The van der Waals surface area contributed by atoms with E-state index in [1.54, 1.807) is 24.4 Å². The van der Waals surface area contributed by atoms with Crippen molar-refractivity contribution >= 4 is 11.6 Å². The Labute approximate surface area is 112 Å². The summed E-state index contributed by atoms with van der Waals surface area (Å²) in [6, 6.07) is 9.23. The second-order valence-electron chi connectivity index (χ2n) is 4.45. The molecule has 0 bridgehead atoms. The van der Waals surface area contributed by atoms with Gasteiger partial charge in [0.2, 0.25) is 0 Å². The lowest BCUT2D eigenvalue weighted by atomic mass is 9.98. The molecular formula is C15H17N3O. The molecule has 19 heavy (non-hydrogen) atoms. The van der Waals surface area contributed by atoms with Crippen LogP contribution in [0.15, 0.2) is 36.5 Å². The number of carbonyl (C=O) groups excluding carboxylic acids is 1. The van der Waals surface area contributed by atoms with Crippen molar-refractivity contribution in [3.8, 4) is 0 Å². The number of carbonyl (C=O) groups is 1. The number of rotatable bonds is 4. The van der Waals surface area contributed by atoms with Crippen molar-refractivity contribution in [2.75, 3.05) is 12.3 Å². The molecule has 0 fully saturated rings. The lowest BCUT2D eigenvalue weighted by molar-refractivity contribution is 0.103. The molecule has 0 amide bonds. The van der Waals surface area contributed by atoms with Crippen LogP contribution in [0.5, 0.6) is 0 Å². The Morgan fingerprint density at radius 3 is 2.47 bits per heavy atom. The first kappa shape index (κ1) is 13.2. The Balaban J connectivity index is 2.34. The summed E-state index contributed by atoms with van der Waals surface area (Å²) >= 11 is 0. The average Bonchev–Trinajstić information content (AvgIpc) is 2.39. The van der Waals surface area contributed by atoms with Gasteiger partial charge in [-0.25, -0.2) is 4.98 Å². The van der Waals surface area contributed by atoms with E-state index < -0.39 is 0 Å². The molecule has 98 valence electrons. The summed E-state index contributed by atoms with van der Waals surface area (Å²) in [6.45, 7) is 2.45. The molecule has 0 aliphatic carbocycles. The van der Waals surface area contributed by atoms with Gasteiger partial charge in [0.05, 0.1) is 5.56 Å². The maximum atomic E-state index is 12.4. The lowest BCUT2D eigenvalue weighted by Crippen LogP contribution is -2.09. The Hall–Kier alpha value is -2.20. The number of aromatic nitrogens is 1. The van der Waals surface area contributed by atoms with Crippen LogP contribution in [-0.2, 0) is 6.42 Å². The fourth-order valence-corrected chi connectivity index (χ4v) is 2.01. The Morgan fingerprint density at radius 1 is 1.21 bits per heavy atom. The number of hydrogen-bond acceptors (Lipinski definition) is 4. The molecule has 2 rings (SSSR count). The molecule has 0 saturated heterocycles. The molecule has 2 aromatic rings. The topological polar surface area (TPSA) is 82.0 Å². The molecule has 0 saturated carbocycles. The molecule has 1 heterocycles. The normalized spacial score (nSPS) is 10.4. The highest BCUT2D eigenvalue weighted by atomic mass is 16.1. The number of benzene rings is 1. The number of nitrogens with two attached hydrogens (primary N) is 2. The average molecular weight is 255 g/mol. The van der Waals surface area contributed by atoms with E-state index in [9.17, 15) is 4.79 Å². The van der Waals surface area contributed by atoms with Gasteiger partial charge in [-0.1, -0.05) is 24.3 Å². The zero-order valence-electron chi connectivity index (χ0n) is 10.9. The van der Waals surface area contributed by atoms with Gasteiger partial charge in [-0.05, 0) is 37.1 Å². The van der Waals surface area contributed by atoms with E-state index in [0.29, 0.717) is 17.7 Å². The first-order valence-corrected chi connectivity index (χ1v) is 6.18. The summed E-state index contributed by atoms with van der Waals surface area (Å²) < 4.78 is 0. The van der Waals surface area contributed by atoms with Crippen LogP contribution in [0.1, 0.15) is 27.0 Å². The number of anilines is 1. The monoisotopic (exact) mass is 255 g/mol. The predicted molar refractivity (Wildman–Crippen MR) is 76.0 cm³/mol. The van der Waals surface area contributed by atoms with Crippen molar-refractivity contribution in [1.29, 1.82) is 0 Å². The molecule has 1 aromatic heterocycles. The van der Waals surface area contributed by atoms with Gasteiger partial charge in [-0.15, -0.1) is 0 Å². The van der Waals surface area contributed by atoms with Crippen LogP contribution in [0, 0.1) is 6.92 Å². The van der Waals surface area contributed by atoms with E-state index in [-0.39, 0.29) is 11.6 Å². The van der Waals surface area contributed by atoms with Gasteiger partial charge in [-0.2, -0.15) is 0 Å². The summed E-state index contributed by atoms with van der Waals surface area (Å²) in [7, 11) is 0. The molecule has 0 atom stereocenters. The van der Waals surface area contributed by atoms with Crippen molar-refractivity contribution in [2.24, 2.45) is 5.73 Å². The van der Waals surface area contributed by atoms with E-state index in [0.717, 1.165) is 17.5 Å². The van der Waals surface area contributed by atoms with E-state index in [4.69, 9.17) is 11.5 Å². The molecule has 0 radical (unpaired) electrons. The highest BCUT2D eigenvalue weighted by Crippen LogP contribution is 2.18. The predicted octanol–water partition coefficient (Wildman–Crippen LogP) is 1.70. The fraction of sp³-hybridized carbons (Fsp3) is 0.200. The maximum Gasteiger partial charge on any atom is 0.196 e. The van der Waals surface area contributed by atoms with Crippen LogP contribution < -0.4 is 11.5 Å². The minimum absolute atomic E-state index is 0.0950. The van der Waals surface area contributed by atoms with Crippen LogP contribution >= 0.6 is 0 Å². The van der Waals surface area contributed by atoms with Gasteiger partial charge in [0.15, 0.2) is 5.78 Å². The second kappa shape index (κ2) is 5.63. The highest BCUT2D eigenvalue weighted by molar-refractivity contribution is 6.12. The lowest BCUT2D eigenvalue weighted by Gasteiger charge is -2.08. The van der Waals surface area contributed by atoms with Crippen LogP contribution in [0.2, 0.25) is 0 Å². The van der Waals surface area contributed by atoms with E-state index >= 15 is 0 Å². The number of nitrogen functional groups attached to an aromatic ring is 1. The number of hydrogen-bond donors (Lipinski definition) is 2. The van der Waals surface area contributed by atoms with Crippen molar-refractivity contribution in [3.05, 3.63) is 58.8 Å². The zero-order chi connectivity index (χ0) is 13.8. The first-order chi connectivity index (χ1) is 9.13. The molecule has 0 aliphatic heterocycles. The summed E-state index contributed by atoms with van der Waals surface area (Å²) in [4.78, 5) is 16.4. The van der Waals surface area contributed by atoms with Crippen molar-refractivity contribution < 1.29 is 4.79 Å². The summed E-state index contributed by atoms with van der Waals surface area (Å²) in [5.74, 6) is 0.179. The van der Waals surface area contributed by atoms with Crippen molar-refractivity contribution in [2.45, 2.75) is 13.3 Å². The maximum absolute atomic E-state index is 12.4. The molecule has 0 unspecified atom stereocenters. The Bertz CT molecular complexity index is 571. The van der Waals surface area contributed by atoms with Crippen LogP contribution in [0.3, 0.4) is 0 Å². The van der Waals surface area contributed by atoms with Gasteiger partial charge in [0, 0.05) is 11.8 Å². The third kappa shape index (κ3) is 2.80. The minimum atomic E-state index is -0.0950. The Morgan fingerprint density at radius 2 is 1.89 bits per heavy atom. The van der Waals surface area contributed by atoms with Crippen molar-refractivity contribution in [1.82, 2.24) is 4.98 Å². The molecule has 4 heteroatoms. The van der Waals surface area contributed by atoms with Gasteiger partial charge in [0.1, 0.15) is 5.82 Å². The Kier molecular flexibility index (Phi) is 3.92. The fourth-order valence-electron chi connectivity index (χ4n) is 2.01. The molecule has 1 aromatic carbocycles. The van der Waals surface area contributed by atoms with E-state index in [2.05, 4.69) is 4.98 Å². The molecule has 4 N–H and O–H groups in total. The van der Waals surface area contributed by atoms with Gasteiger partial charge < -0.3 is 11.5 Å². The molecular weight excluding hydrogens is 238 g/mol. The largest absolute Gasteiger partial charge is 0.383 e. The summed E-state index contributed by atoms with van der Waals surface area (Å²) in [5, 5.41) is 0. The number of nitrogens with zero attached hydrogens (tertiary/aromatic N) is 1. The highest BCUT2D eigenvalue weighted by Gasteiger charge is 2.15. The number of ketones is 1. The third-order valence-electron chi connectivity index (χ3n) is 3.06. The minimum Gasteiger partial charge on any atom is -0.383 e. The molecule has 0 spiro atoms. The van der Waals surface area contributed by atoms with Crippen LogP contribution in [0.25, 0.3) is 0 Å². The van der Waals surface area contributed by atoms with Crippen LogP contribution in [-0.4, -0.2) is 17.3 Å². The quantitative estimate of drug-likeness (QED) is 0.815. The smallest absolute Gasteiger partial charge is 0.196 e. The first-order valence-electron chi connectivity index (χ1n) is 6.18. The molecule has 4 nitrogen and oxygen atoms in total. The third-order valence-corrected chi connectivity index (χ3v) is 3.06. The summed E-state index contributed by atoms with van der Waals surface area (Å²) in [5.41, 5.74) is 14.3. The summed E-state index contributed by atoms with van der Waals surface area (Å²) in [6.07, 6.45) is 2.41. The van der Waals surface area contributed by atoms with Gasteiger partial charge in [0.25, 0.3) is 0 Å². The second-order valence-corrected chi connectivity index (χ2v) is 4.45. The standard InChI is InChI=1S/C15H17N3O/c1-10-7-9-18-15(17)13(10)14(19)12-4-2-11(3-5-12)6-8-16/h2-5,7,9H,6,8,16H2,1H3,(H2,17,18). The number of aryl methyl sites for hydroxylation is 1. The number of pyridine rings is 1. The zero-order valence-corrected chi connectivity index (χ0v) is 10.9. The van der Waals surface area contributed by atoms with E-state index in [1.807, 2.05) is 19.1 Å². The van der Waals surface area contributed by atoms with Gasteiger partial charge in [-0.3, -0.25) is 4.79 Å².